The molecule has 1 aromatic carbocycles. The maximum absolute atomic E-state index is 14.0. The van der Waals surface area contributed by atoms with Crippen molar-refractivity contribution in [1.82, 2.24) is 10.2 Å². The van der Waals surface area contributed by atoms with Crippen LogP contribution in [-0.2, 0) is 28.4 Å². The summed E-state index contributed by atoms with van der Waals surface area (Å²) in [7, 11) is 0. The Bertz CT molecular complexity index is 853. The topological polar surface area (TPSA) is 41.6 Å². The van der Waals surface area contributed by atoms with Crippen LogP contribution in [0.15, 0.2) is 18.2 Å². The number of nitrogens with zero attached hydrogens (tertiary/aromatic N) is 1. The van der Waals surface area contributed by atoms with Gasteiger partial charge in [-0.15, -0.1) is 0 Å². The number of benzene rings is 1. The Hall–Kier alpha value is -1.81. The van der Waals surface area contributed by atoms with Crippen LogP contribution in [-0.4, -0.2) is 43.7 Å². The first-order valence-corrected chi connectivity index (χ1v) is 12.3. The molecular formula is C25H32F6N2O2. The highest BCUT2D eigenvalue weighted by Crippen LogP contribution is 2.43. The zero-order valence-corrected chi connectivity index (χ0v) is 19.6. The Labute approximate surface area is 201 Å². The number of alkyl halides is 6. The lowest BCUT2D eigenvalue weighted by molar-refractivity contribution is -0.144. The molecule has 196 valence electrons. The van der Waals surface area contributed by atoms with Crippen molar-refractivity contribution in [3.05, 3.63) is 34.9 Å². The van der Waals surface area contributed by atoms with E-state index in [4.69, 9.17) is 4.74 Å². The van der Waals surface area contributed by atoms with Crippen molar-refractivity contribution < 1.29 is 35.9 Å². The number of nitrogens with one attached hydrogen (secondary N) is 1. The van der Waals surface area contributed by atoms with Crippen molar-refractivity contribution in [2.75, 3.05) is 32.8 Å². The monoisotopic (exact) mass is 506 g/mol. The minimum atomic E-state index is -4.92. The molecule has 0 radical (unpaired) electrons. The van der Waals surface area contributed by atoms with Crippen LogP contribution in [0.1, 0.15) is 61.6 Å². The van der Waals surface area contributed by atoms with Crippen LogP contribution in [0, 0.1) is 17.3 Å². The fourth-order valence-electron chi connectivity index (χ4n) is 5.56. The summed E-state index contributed by atoms with van der Waals surface area (Å²) < 4.78 is 86.0. The Morgan fingerprint density at radius 2 is 1.60 bits per heavy atom. The fraction of sp³-hybridized carbons (Fsp3) is 0.720. The molecule has 2 heterocycles. The first-order valence-electron chi connectivity index (χ1n) is 12.3. The summed E-state index contributed by atoms with van der Waals surface area (Å²) in [6.07, 6.45) is -3.88. The average molecular weight is 507 g/mol. The highest BCUT2D eigenvalue weighted by Gasteiger charge is 2.46. The van der Waals surface area contributed by atoms with E-state index in [1.165, 1.54) is 4.90 Å². The molecule has 1 saturated carbocycles. The molecule has 35 heavy (non-hydrogen) atoms. The van der Waals surface area contributed by atoms with Crippen LogP contribution in [0.2, 0.25) is 0 Å². The molecule has 0 bridgehead atoms. The minimum Gasteiger partial charge on any atom is -0.381 e. The van der Waals surface area contributed by atoms with Gasteiger partial charge in [-0.05, 0) is 67.8 Å². The number of carbonyl (C=O) groups is 1. The third-order valence-corrected chi connectivity index (χ3v) is 7.73. The van der Waals surface area contributed by atoms with E-state index < -0.39 is 28.9 Å². The number of halogens is 6. The number of carbonyl (C=O) groups excluding carboxylic acids is 1. The van der Waals surface area contributed by atoms with E-state index >= 15 is 0 Å². The maximum Gasteiger partial charge on any atom is 0.416 e. The molecule has 2 saturated heterocycles. The molecule has 1 amide bonds. The molecule has 1 atom stereocenters. The van der Waals surface area contributed by atoms with Gasteiger partial charge in [-0.2, -0.15) is 26.3 Å². The third-order valence-electron chi connectivity index (χ3n) is 7.73. The largest absolute Gasteiger partial charge is 0.416 e. The number of rotatable bonds is 7. The Kier molecular flexibility index (Phi) is 7.71. The van der Waals surface area contributed by atoms with Crippen molar-refractivity contribution in [2.45, 2.75) is 63.8 Å². The van der Waals surface area contributed by atoms with Gasteiger partial charge in [-0.1, -0.05) is 19.3 Å². The van der Waals surface area contributed by atoms with Crippen LogP contribution in [0.25, 0.3) is 0 Å². The SMILES string of the molecule is O=C(N(Cc1cc(C(F)(F)F)cc(C(F)(F)F)c1)CC1CCOCC1)C1(CC2CCC2)CCNC1. The van der Waals surface area contributed by atoms with Crippen molar-refractivity contribution in [1.29, 1.82) is 0 Å². The highest BCUT2D eigenvalue weighted by molar-refractivity contribution is 5.83. The molecule has 4 nitrogen and oxygen atoms in total. The standard InChI is InChI=1S/C25H32F6N2O2/c26-24(27,28)20-10-19(11-21(12-20)25(29,30)31)15-33(14-18-4-8-35-9-5-18)22(34)23(6-7-32-16-23)13-17-2-1-3-17/h10-12,17-18,32H,1-9,13-16H2. The Morgan fingerprint density at radius 3 is 2.09 bits per heavy atom. The molecule has 4 rings (SSSR count). The van der Waals surface area contributed by atoms with Gasteiger partial charge in [0.1, 0.15) is 0 Å². The Morgan fingerprint density at radius 1 is 0.971 bits per heavy atom. The van der Waals surface area contributed by atoms with Gasteiger partial charge in [-0.3, -0.25) is 4.79 Å². The van der Waals surface area contributed by atoms with Gasteiger partial charge in [0.05, 0.1) is 16.5 Å². The predicted molar refractivity (Wildman–Crippen MR) is 117 cm³/mol. The number of amides is 1. The highest BCUT2D eigenvalue weighted by atomic mass is 19.4. The van der Waals surface area contributed by atoms with Crippen LogP contribution in [0.5, 0.6) is 0 Å². The summed E-state index contributed by atoms with van der Waals surface area (Å²) in [4.78, 5) is 15.5. The lowest BCUT2D eigenvalue weighted by Gasteiger charge is -2.40. The molecule has 1 N–H and O–H groups in total. The molecule has 1 unspecified atom stereocenters. The summed E-state index contributed by atoms with van der Waals surface area (Å²) in [6, 6.07) is 1.61. The molecule has 3 aliphatic rings. The average Bonchev–Trinajstić information content (AvgIpc) is 3.25. The first-order chi connectivity index (χ1) is 16.5. The molecule has 10 heteroatoms. The van der Waals surface area contributed by atoms with Crippen molar-refractivity contribution >= 4 is 5.91 Å². The van der Waals surface area contributed by atoms with E-state index in [1.807, 2.05) is 0 Å². The predicted octanol–water partition coefficient (Wildman–Crippen LogP) is 5.65. The van der Waals surface area contributed by atoms with Crippen LogP contribution in [0.4, 0.5) is 26.3 Å². The summed E-state index contributed by atoms with van der Waals surface area (Å²) >= 11 is 0. The fourth-order valence-corrected chi connectivity index (χ4v) is 5.56. The lowest BCUT2D eigenvalue weighted by Crippen LogP contribution is -2.48. The van der Waals surface area contributed by atoms with Crippen molar-refractivity contribution in [2.24, 2.45) is 17.3 Å². The van der Waals surface area contributed by atoms with Crippen LogP contribution in [0.3, 0.4) is 0 Å². The molecule has 3 fully saturated rings. The molecule has 0 aromatic heterocycles. The smallest absolute Gasteiger partial charge is 0.381 e. The van der Waals surface area contributed by atoms with E-state index in [9.17, 15) is 31.1 Å². The van der Waals surface area contributed by atoms with E-state index in [0.717, 1.165) is 31.4 Å². The second-order valence-corrected chi connectivity index (χ2v) is 10.4. The molecule has 0 spiro atoms. The van der Waals surface area contributed by atoms with Crippen LogP contribution < -0.4 is 5.32 Å². The van der Waals surface area contributed by atoms with Gasteiger partial charge in [0.25, 0.3) is 0 Å². The van der Waals surface area contributed by atoms with Gasteiger partial charge in [0, 0.05) is 32.8 Å². The van der Waals surface area contributed by atoms with Crippen molar-refractivity contribution in [3.63, 3.8) is 0 Å². The molecule has 2 aliphatic heterocycles. The van der Waals surface area contributed by atoms with E-state index in [1.54, 1.807) is 0 Å². The quantitative estimate of drug-likeness (QED) is 0.486. The van der Waals surface area contributed by atoms with E-state index in [2.05, 4.69) is 5.32 Å². The number of hydrogen-bond acceptors (Lipinski definition) is 3. The van der Waals surface area contributed by atoms with Gasteiger partial charge in [-0.25, -0.2) is 0 Å². The number of hydrogen-bond donors (Lipinski definition) is 1. The summed E-state index contributed by atoms with van der Waals surface area (Å²) in [6.45, 7) is 2.24. The van der Waals surface area contributed by atoms with E-state index in [0.29, 0.717) is 64.4 Å². The molecule has 1 aromatic rings. The maximum atomic E-state index is 14.0. The summed E-state index contributed by atoms with van der Waals surface area (Å²) in [5.41, 5.74) is -3.53. The van der Waals surface area contributed by atoms with E-state index in [-0.39, 0.29) is 30.0 Å². The number of ether oxygens (including phenoxy) is 1. The van der Waals surface area contributed by atoms with Crippen LogP contribution >= 0.6 is 0 Å². The zero-order chi connectivity index (χ0) is 25.3. The normalized spacial score (nSPS) is 24.4. The summed E-state index contributed by atoms with van der Waals surface area (Å²) in [5, 5.41) is 3.26. The van der Waals surface area contributed by atoms with Gasteiger partial charge < -0.3 is 15.0 Å². The van der Waals surface area contributed by atoms with Crippen molar-refractivity contribution in [3.8, 4) is 0 Å². The Balaban J connectivity index is 1.65. The van der Waals surface area contributed by atoms with Gasteiger partial charge >= 0.3 is 12.4 Å². The zero-order valence-electron chi connectivity index (χ0n) is 19.6. The second-order valence-electron chi connectivity index (χ2n) is 10.4. The second kappa shape index (κ2) is 10.3. The van der Waals surface area contributed by atoms with Gasteiger partial charge in [0.2, 0.25) is 5.91 Å². The molecular weight excluding hydrogens is 474 g/mol. The third kappa shape index (κ3) is 6.31. The van der Waals surface area contributed by atoms with Gasteiger partial charge in [0.15, 0.2) is 0 Å². The minimum absolute atomic E-state index is 0.0932. The lowest BCUT2D eigenvalue weighted by atomic mass is 9.70. The summed E-state index contributed by atoms with van der Waals surface area (Å²) in [5.74, 6) is 0.372. The molecule has 1 aliphatic carbocycles. The first kappa shape index (κ1) is 26.3.